The van der Waals surface area contributed by atoms with Gasteiger partial charge in [-0.3, -0.25) is 4.79 Å². The van der Waals surface area contributed by atoms with Gasteiger partial charge in [0.25, 0.3) is 0 Å². The Labute approximate surface area is 125 Å². The molecular weight excluding hydrogens is 246 g/mol. The second-order valence-electron chi connectivity index (χ2n) is 7.63. The van der Waals surface area contributed by atoms with Crippen molar-refractivity contribution in [3.63, 3.8) is 0 Å². The molecule has 1 saturated carbocycles. The van der Waals surface area contributed by atoms with Crippen molar-refractivity contribution in [2.75, 3.05) is 0 Å². The van der Waals surface area contributed by atoms with E-state index in [1.54, 1.807) is 0 Å². The molecule has 2 rings (SSSR count). The van der Waals surface area contributed by atoms with Gasteiger partial charge in [0.2, 0.25) is 5.91 Å². The van der Waals surface area contributed by atoms with Gasteiger partial charge in [0, 0.05) is 18.5 Å². The van der Waals surface area contributed by atoms with Crippen LogP contribution >= 0.6 is 0 Å². The van der Waals surface area contributed by atoms with Crippen molar-refractivity contribution in [1.82, 2.24) is 4.90 Å². The van der Waals surface area contributed by atoms with Gasteiger partial charge in [-0.15, -0.1) is 0 Å². The van der Waals surface area contributed by atoms with E-state index in [1.165, 1.54) is 38.5 Å². The zero-order valence-corrected chi connectivity index (χ0v) is 13.9. The van der Waals surface area contributed by atoms with E-state index >= 15 is 0 Å². The number of likely N-dealkylation sites (tertiary alicyclic amines) is 1. The minimum Gasteiger partial charge on any atom is -0.337 e. The second kappa shape index (κ2) is 6.95. The molecule has 2 aliphatic rings. The molecule has 1 aliphatic carbocycles. The highest BCUT2D eigenvalue weighted by Gasteiger charge is 2.37. The standard InChI is InChI=1S/C18H33NO/c1-13(2)15-7-5-6-8-17-16(10-9-15)11-12-18(20)19(17)14(3)4/h13-17H,5-12H2,1-4H3. The van der Waals surface area contributed by atoms with Crippen LogP contribution in [0.5, 0.6) is 0 Å². The maximum absolute atomic E-state index is 12.3. The molecule has 0 radical (unpaired) electrons. The number of carbonyl (C=O) groups excluding carboxylic acids is 1. The van der Waals surface area contributed by atoms with Gasteiger partial charge < -0.3 is 4.90 Å². The molecule has 3 atom stereocenters. The predicted molar refractivity (Wildman–Crippen MR) is 84.5 cm³/mol. The lowest BCUT2D eigenvalue weighted by atomic mass is 9.80. The Bertz CT molecular complexity index is 323. The number of rotatable bonds is 2. The largest absolute Gasteiger partial charge is 0.337 e. The lowest BCUT2D eigenvalue weighted by Crippen LogP contribution is -2.51. The minimum atomic E-state index is 0.372. The van der Waals surface area contributed by atoms with E-state index in [0.29, 0.717) is 18.0 Å². The zero-order valence-electron chi connectivity index (χ0n) is 13.9. The number of fused-ring (bicyclic) bond motifs is 1. The van der Waals surface area contributed by atoms with Crippen LogP contribution in [0.25, 0.3) is 0 Å². The third-order valence-corrected chi connectivity index (χ3v) is 5.65. The lowest BCUT2D eigenvalue weighted by molar-refractivity contribution is -0.141. The van der Waals surface area contributed by atoms with Crippen LogP contribution in [0.15, 0.2) is 0 Å². The van der Waals surface area contributed by atoms with E-state index in [2.05, 4.69) is 32.6 Å². The average Bonchev–Trinajstić information content (AvgIpc) is 2.47. The van der Waals surface area contributed by atoms with Crippen molar-refractivity contribution in [2.24, 2.45) is 17.8 Å². The summed E-state index contributed by atoms with van der Waals surface area (Å²) in [5, 5.41) is 0. The number of hydrogen-bond acceptors (Lipinski definition) is 1. The fourth-order valence-electron chi connectivity index (χ4n) is 4.42. The van der Waals surface area contributed by atoms with Crippen LogP contribution in [0.1, 0.15) is 79.1 Å². The Morgan fingerprint density at radius 3 is 2.30 bits per heavy atom. The second-order valence-corrected chi connectivity index (χ2v) is 7.63. The van der Waals surface area contributed by atoms with Crippen LogP contribution in [0.2, 0.25) is 0 Å². The maximum Gasteiger partial charge on any atom is 0.223 e. The normalized spacial score (nSPS) is 32.8. The molecule has 0 aromatic carbocycles. The first kappa shape index (κ1) is 15.9. The third-order valence-electron chi connectivity index (χ3n) is 5.65. The molecule has 2 fully saturated rings. The summed E-state index contributed by atoms with van der Waals surface area (Å²) in [6, 6.07) is 0.902. The quantitative estimate of drug-likeness (QED) is 0.721. The number of piperidine rings is 1. The highest BCUT2D eigenvalue weighted by atomic mass is 16.2. The Kier molecular flexibility index (Phi) is 5.51. The highest BCUT2D eigenvalue weighted by molar-refractivity contribution is 5.77. The van der Waals surface area contributed by atoms with Crippen LogP contribution in [0.4, 0.5) is 0 Å². The van der Waals surface area contributed by atoms with Gasteiger partial charge in [-0.1, -0.05) is 33.1 Å². The van der Waals surface area contributed by atoms with Gasteiger partial charge in [0.05, 0.1) is 0 Å². The van der Waals surface area contributed by atoms with Gasteiger partial charge in [0.15, 0.2) is 0 Å². The van der Waals surface area contributed by atoms with Crippen molar-refractivity contribution in [1.29, 1.82) is 0 Å². The molecule has 3 unspecified atom stereocenters. The van der Waals surface area contributed by atoms with Crippen molar-refractivity contribution >= 4 is 5.91 Å². The maximum atomic E-state index is 12.3. The van der Waals surface area contributed by atoms with E-state index in [0.717, 1.165) is 30.6 Å². The van der Waals surface area contributed by atoms with Crippen molar-refractivity contribution in [3.05, 3.63) is 0 Å². The summed E-state index contributed by atoms with van der Waals surface area (Å²) in [5.74, 6) is 2.88. The summed E-state index contributed by atoms with van der Waals surface area (Å²) in [7, 11) is 0. The molecule has 0 aromatic heterocycles. The van der Waals surface area contributed by atoms with Crippen LogP contribution < -0.4 is 0 Å². The third kappa shape index (κ3) is 3.56. The summed E-state index contributed by atoms with van der Waals surface area (Å²) in [5.41, 5.74) is 0. The Morgan fingerprint density at radius 1 is 0.950 bits per heavy atom. The molecule has 0 N–H and O–H groups in total. The van der Waals surface area contributed by atoms with Gasteiger partial charge in [-0.2, -0.15) is 0 Å². The van der Waals surface area contributed by atoms with E-state index < -0.39 is 0 Å². The Morgan fingerprint density at radius 2 is 1.65 bits per heavy atom. The van der Waals surface area contributed by atoms with Crippen LogP contribution in [-0.2, 0) is 4.79 Å². The van der Waals surface area contributed by atoms with Crippen molar-refractivity contribution in [2.45, 2.75) is 91.1 Å². The number of carbonyl (C=O) groups is 1. The molecule has 1 saturated heterocycles. The zero-order chi connectivity index (χ0) is 14.7. The van der Waals surface area contributed by atoms with Gasteiger partial charge in [-0.05, 0) is 57.3 Å². The predicted octanol–water partition coefficient (Wildman–Crippen LogP) is 4.63. The molecule has 0 bridgehead atoms. The molecule has 2 nitrogen and oxygen atoms in total. The van der Waals surface area contributed by atoms with Crippen molar-refractivity contribution < 1.29 is 4.79 Å². The first-order valence-corrected chi connectivity index (χ1v) is 8.81. The Balaban J connectivity index is 2.09. The first-order chi connectivity index (χ1) is 9.50. The summed E-state index contributed by atoms with van der Waals surface area (Å²) >= 11 is 0. The number of nitrogens with zero attached hydrogens (tertiary/aromatic N) is 1. The molecule has 0 spiro atoms. The molecule has 2 heteroatoms. The lowest BCUT2D eigenvalue weighted by Gasteiger charge is -2.44. The van der Waals surface area contributed by atoms with Crippen LogP contribution in [0.3, 0.4) is 0 Å². The van der Waals surface area contributed by atoms with E-state index in [9.17, 15) is 4.79 Å². The minimum absolute atomic E-state index is 0.372. The summed E-state index contributed by atoms with van der Waals surface area (Å²) < 4.78 is 0. The molecule has 116 valence electrons. The molecule has 0 aromatic rings. The summed E-state index contributed by atoms with van der Waals surface area (Å²) in [6.07, 6.45) is 9.92. The SMILES string of the molecule is CC(C)C1CCCCC2C(CCC(=O)N2C(C)C)CC1. The van der Waals surface area contributed by atoms with Gasteiger partial charge in [-0.25, -0.2) is 0 Å². The van der Waals surface area contributed by atoms with Crippen molar-refractivity contribution in [3.8, 4) is 0 Å². The highest BCUT2D eigenvalue weighted by Crippen LogP contribution is 2.37. The van der Waals surface area contributed by atoms with Crippen LogP contribution in [0, 0.1) is 17.8 Å². The van der Waals surface area contributed by atoms with E-state index in [1.807, 2.05) is 0 Å². The fourth-order valence-corrected chi connectivity index (χ4v) is 4.42. The summed E-state index contributed by atoms with van der Waals surface area (Å²) in [4.78, 5) is 14.5. The molecular formula is C18H33NO. The fraction of sp³-hybridized carbons (Fsp3) is 0.944. The average molecular weight is 279 g/mol. The van der Waals surface area contributed by atoms with Crippen LogP contribution in [-0.4, -0.2) is 22.9 Å². The Hall–Kier alpha value is -0.530. The van der Waals surface area contributed by atoms with E-state index in [-0.39, 0.29) is 0 Å². The molecule has 1 aliphatic heterocycles. The van der Waals surface area contributed by atoms with E-state index in [4.69, 9.17) is 0 Å². The first-order valence-electron chi connectivity index (χ1n) is 8.81. The van der Waals surface area contributed by atoms with Gasteiger partial charge >= 0.3 is 0 Å². The topological polar surface area (TPSA) is 20.3 Å². The monoisotopic (exact) mass is 279 g/mol. The smallest absolute Gasteiger partial charge is 0.223 e. The summed E-state index contributed by atoms with van der Waals surface area (Å²) in [6.45, 7) is 9.13. The molecule has 1 heterocycles. The number of amides is 1. The molecule has 1 amide bonds. The molecule has 20 heavy (non-hydrogen) atoms. The number of hydrogen-bond donors (Lipinski definition) is 0. The van der Waals surface area contributed by atoms with Gasteiger partial charge in [0.1, 0.15) is 0 Å².